The van der Waals surface area contributed by atoms with E-state index in [9.17, 15) is 0 Å². The van der Waals surface area contributed by atoms with E-state index < -0.39 is 0 Å². The molecule has 2 rings (SSSR count). The fourth-order valence-corrected chi connectivity index (χ4v) is 2.23. The Hall–Kier alpha value is -1.57. The van der Waals surface area contributed by atoms with Crippen LogP contribution in [0.25, 0.3) is 11.4 Å². The Morgan fingerprint density at radius 1 is 1.25 bits per heavy atom. The maximum absolute atomic E-state index is 5.37. The Bertz CT molecular complexity index is 605. The normalized spacial score (nSPS) is 10.2. The molecular weight excluding hydrogens is 369 g/mol. The van der Waals surface area contributed by atoms with Gasteiger partial charge < -0.3 is 14.8 Å². The van der Waals surface area contributed by atoms with Crippen molar-refractivity contribution in [2.75, 3.05) is 26.1 Å². The predicted molar refractivity (Wildman–Crippen MR) is 87.5 cm³/mol. The monoisotopic (exact) mass is 385 g/mol. The van der Waals surface area contributed by atoms with Gasteiger partial charge in [-0.05, 0) is 47.7 Å². The van der Waals surface area contributed by atoms with Crippen LogP contribution in [-0.4, -0.2) is 30.7 Å². The molecule has 6 heteroatoms. The van der Waals surface area contributed by atoms with Crippen molar-refractivity contribution < 1.29 is 9.47 Å². The topological polar surface area (TPSA) is 56.3 Å². The lowest BCUT2D eigenvalue weighted by molar-refractivity contribution is 0.404. The van der Waals surface area contributed by atoms with Crippen LogP contribution < -0.4 is 14.8 Å². The maximum atomic E-state index is 5.37. The molecule has 0 amide bonds. The van der Waals surface area contributed by atoms with Crippen LogP contribution in [0.2, 0.25) is 0 Å². The molecule has 1 heterocycles. The molecule has 0 aliphatic carbocycles. The van der Waals surface area contributed by atoms with E-state index in [2.05, 4.69) is 37.9 Å². The lowest BCUT2D eigenvalue weighted by Crippen LogP contribution is -2.04. The number of rotatable bonds is 5. The third-order valence-electron chi connectivity index (χ3n) is 2.74. The van der Waals surface area contributed by atoms with Gasteiger partial charge in [-0.3, -0.25) is 0 Å². The molecule has 1 N–H and O–H groups in total. The molecule has 0 saturated carbocycles. The molecule has 0 atom stereocenters. The van der Waals surface area contributed by atoms with Crippen LogP contribution in [0.4, 0.5) is 5.82 Å². The molecule has 0 aliphatic rings. The summed E-state index contributed by atoms with van der Waals surface area (Å²) in [6, 6.07) is 5.57. The second-order valence-corrected chi connectivity index (χ2v) is 5.15. The third-order valence-corrected chi connectivity index (χ3v) is 3.53. The van der Waals surface area contributed by atoms with Crippen molar-refractivity contribution in [3.8, 4) is 22.9 Å². The lowest BCUT2D eigenvalue weighted by atomic mass is 10.1. The highest BCUT2D eigenvalue weighted by molar-refractivity contribution is 14.1. The van der Waals surface area contributed by atoms with Crippen LogP contribution in [-0.2, 0) is 0 Å². The van der Waals surface area contributed by atoms with E-state index in [-0.39, 0.29) is 0 Å². The summed E-state index contributed by atoms with van der Waals surface area (Å²) in [5.74, 6) is 2.89. The zero-order valence-electron chi connectivity index (χ0n) is 11.6. The van der Waals surface area contributed by atoms with Crippen LogP contribution in [0, 0.1) is 3.57 Å². The van der Waals surface area contributed by atoms with Gasteiger partial charge in [0.2, 0.25) is 0 Å². The minimum Gasteiger partial charge on any atom is -0.497 e. The van der Waals surface area contributed by atoms with Gasteiger partial charge in [0.25, 0.3) is 0 Å². The second-order valence-electron chi connectivity index (χ2n) is 3.99. The van der Waals surface area contributed by atoms with Gasteiger partial charge in [-0.1, -0.05) is 0 Å². The zero-order chi connectivity index (χ0) is 14.5. The average Bonchev–Trinajstić information content (AvgIpc) is 2.49. The van der Waals surface area contributed by atoms with Gasteiger partial charge in [0.05, 0.1) is 23.4 Å². The summed E-state index contributed by atoms with van der Waals surface area (Å²) in [5.41, 5.74) is 0.808. The molecule has 0 bridgehead atoms. The molecule has 2 aromatic rings. The highest BCUT2D eigenvalue weighted by Crippen LogP contribution is 2.32. The van der Waals surface area contributed by atoms with E-state index in [4.69, 9.17) is 9.47 Å². The van der Waals surface area contributed by atoms with Crippen molar-refractivity contribution in [3.63, 3.8) is 0 Å². The number of ether oxygens (including phenoxy) is 2. The van der Waals surface area contributed by atoms with Crippen LogP contribution >= 0.6 is 22.6 Å². The van der Waals surface area contributed by atoms with E-state index in [0.717, 1.165) is 33.0 Å². The number of nitrogens with one attached hydrogen (secondary N) is 1. The lowest BCUT2D eigenvalue weighted by Gasteiger charge is -2.11. The number of anilines is 1. The smallest absolute Gasteiger partial charge is 0.165 e. The molecule has 0 aliphatic heterocycles. The van der Waals surface area contributed by atoms with Crippen LogP contribution in [0.3, 0.4) is 0 Å². The third kappa shape index (κ3) is 3.12. The van der Waals surface area contributed by atoms with Crippen molar-refractivity contribution in [2.45, 2.75) is 6.92 Å². The van der Waals surface area contributed by atoms with Gasteiger partial charge in [0, 0.05) is 12.7 Å². The van der Waals surface area contributed by atoms with Crippen molar-refractivity contribution in [3.05, 3.63) is 28.0 Å². The predicted octanol–water partition coefficient (Wildman–Crippen LogP) is 3.20. The van der Waals surface area contributed by atoms with Gasteiger partial charge >= 0.3 is 0 Å². The Labute approximate surface area is 131 Å². The summed E-state index contributed by atoms with van der Waals surface area (Å²) in [6.07, 6.45) is 1.79. The Kier molecular flexibility index (Phi) is 4.99. The second kappa shape index (κ2) is 6.74. The summed E-state index contributed by atoms with van der Waals surface area (Å²) in [5, 5.41) is 3.22. The first-order valence-electron chi connectivity index (χ1n) is 6.18. The first-order chi connectivity index (χ1) is 9.69. The molecular formula is C14H16IN3O2. The highest BCUT2D eigenvalue weighted by Gasteiger charge is 2.12. The van der Waals surface area contributed by atoms with Crippen molar-refractivity contribution in [2.24, 2.45) is 0 Å². The molecule has 1 aromatic carbocycles. The summed E-state index contributed by atoms with van der Waals surface area (Å²) < 4.78 is 11.6. The number of hydrogen-bond donors (Lipinski definition) is 1. The Balaban J connectivity index is 2.52. The largest absolute Gasteiger partial charge is 0.497 e. The summed E-state index contributed by atoms with van der Waals surface area (Å²) in [4.78, 5) is 8.93. The van der Waals surface area contributed by atoms with E-state index >= 15 is 0 Å². The number of aromatic nitrogens is 2. The Morgan fingerprint density at radius 2 is 2.05 bits per heavy atom. The number of halogens is 1. The highest BCUT2D eigenvalue weighted by atomic mass is 127. The molecule has 0 unspecified atom stereocenters. The van der Waals surface area contributed by atoms with E-state index in [0.29, 0.717) is 5.82 Å². The van der Waals surface area contributed by atoms with Crippen LogP contribution in [0.1, 0.15) is 6.92 Å². The first kappa shape index (κ1) is 14.8. The van der Waals surface area contributed by atoms with Crippen molar-refractivity contribution in [1.82, 2.24) is 9.97 Å². The fourth-order valence-electron chi connectivity index (χ4n) is 1.78. The van der Waals surface area contributed by atoms with Crippen LogP contribution in [0.15, 0.2) is 24.4 Å². The van der Waals surface area contributed by atoms with Crippen molar-refractivity contribution in [1.29, 1.82) is 0 Å². The van der Waals surface area contributed by atoms with E-state index in [1.807, 2.05) is 25.1 Å². The van der Waals surface area contributed by atoms with Gasteiger partial charge in [0.15, 0.2) is 5.82 Å². The number of hydrogen-bond acceptors (Lipinski definition) is 5. The number of benzene rings is 1. The number of nitrogens with zero attached hydrogens (tertiary/aromatic N) is 2. The molecule has 1 aromatic heterocycles. The van der Waals surface area contributed by atoms with Gasteiger partial charge in [-0.15, -0.1) is 0 Å². The standard InChI is InChI=1S/C14H16IN3O2/c1-4-16-14-11(15)8-17-13(18-14)10-7-9(19-2)5-6-12(10)20-3/h5-8H,4H2,1-3H3,(H,16,17,18). The average molecular weight is 385 g/mol. The minimum absolute atomic E-state index is 0.608. The van der Waals surface area contributed by atoms with Gasteiger partial charge in [-0.2, -0.15) is 0 Å². The maximum Gasteiger partial charge on any atom is 0.165 e. The summed E-state index contributed by atoms with van der Waals surface area (Å²) >= 11 is 2.21. The molecule has 0 saturated heterocycles. The summed E-state index contributed by atoms with van der Waals surface area (Å²) in [7, 11) is 3.26. The molecule has 0 spiro atoms. The zero-order valence-corrected chi connectivity index (χ0v) is 13.8. The van der Waals surface area contributed by atoms with Crippen LogP contribution in [0.5, 0.6) is 11.5 Å². The molecule has 20 heavy (non-hydrogen) atoms. The van der Waals surface area contributed by atoms with Gasteiger partial charge in [0.1, 0.15) is 17.3 Å². The SMILES string of the molecule is CCNc1nc(-c2cc(OC)ccc2OC)ncc1I. The quantitative estimate of drug-likeness (QED) is 0.802. The van der Waals surface area contributed by atoms with Crippen molar-refractivity contribution >= 4 is 28.4 Å². The fraction of sp³-hybridized carbons (Fsp3) is 0.286. The Morgan fingerprint density at radius 3 is 2.70 bits per heavy atom. The number of methoxy groups -OCH3 is 2. The molecule has 0 fully saturated rings. The molecule has 5 nitrogen and oxygen atoms in total. The molecule has 0 radical (unpaired) electrons. The minimum atomic E-state index is 0.608. The van der Waals surface area contributed by atoms with E-state index in [1.165, 1.54) is 0 Å². The molecule has 106 valence electrons. The summed E-state index contributed by atoms with van der Waals surface area (Å²) in [6.45, 7) is 2.84. The van der Waals surface area contributed by atoms with E-state index in [1.54, 1.807) is 20.4 Å². The van der Waals surface area contributed by atoms with Gasteiger partial charge in [-0.25, -0.2) is 9.97 Å². The first-order valence-corrected chi connectivity index (χ1v) is 7.26.